The molecule has 0 aliphatic rings. The largest absolute Gasteiger partial charge is 0.288 e. The number of rotatable bonds is 3. The highest BCUT2D eigenvalue weighted by Gasteiger charge is 2.08. The third-order valence-corrected chi connectivity index (χ3v) is 3.44. The highest BCUT2D eigenvalue weighted by molar-refractivity contribution is 7.15. The fourth-order valence-electron chi connectivity index (χ4n) is 1.57. The molecule has 18 heavy (non-hydrogen) atoms. The summed E-state index contributed by atoms with van der Waals surface area (Å²) in [6.07, 6.45) is 3.59. The number of anilines is 1. The van der Waals surface area contributed by atoms with E-state index in [9.17, 15) is 0 Å². The van der Waals surface area contributed by atoms with Crippen LogP contribution >= 0.6 is 22.9 Å². The quantitative estimate of drug-likeness (QED) is 0.588. The Morgan fingerprint density at radius 3 is 3.00 bits per heavy atom. The Balaban J connectivity index is 1.84. The van der Waals surface area contributed by atoms with Gasteiger partial charge >= 0.3 is 0 Å². The van der Waals surface area contributed by atoms with Crippen molar-refractivity contribution in [3.63, 3.8) is 0 Å². The zero-order valence-corrected chi connectivity index (χ0v) is 10.8. The molecule has 3 rings (SSSR count). The van der Waals surface area contributed by atoms with Gasteiger partial charge in [-0.1, -0.05) is 29.8 Å². The molecular formula is C12H9ClN4S. The van der Waals surface area contributed by atoms with Gasteiger partial charge in [0, 0.05) is 11.6 Å². The minimum absolute atomic E-state index is 0.459. The lowest BCUT2D eigenvalue weighted by molar-refractivity contribution is 1.21. The molecule has 0 aliphatic carbocycles. The molecule has 0 amide bonds. The maximum atomic E-state index is 6.05. The van der Waals surface area contributed by atoms with Gasteiger partial charge in [-0.2, -0.15) is 5.10 Å². The van der Waals surface area contributed by atoms with Gasteiger partial charge in [0.15, 0.2) is 10.1 Å². The van der Waals surface area contributed by atoms with E-state index in [0.29, 0.717) is 5.15 Å². The van der Waals surface area contributed by atoms with Crippen LogP contribution in [0.2, 0.25) is 5.15 Å². The molecule has 2 aromatic heterocycles. The SMILES string of the molecule is Clc1nc2sccn2c1C=NNc1ccccc1. The summed E-state index contributed by atoms with van der Waals surface area (Å²) >= 11 is 7.58. The van der Waals surface area contributed by atoms with Crippen molar-refractivity contribution in [1.29, 1.82) is 0 Å². The standard InChI is InChI=1S/C12H9ClN4S/c13-11-10(17-6-7-18-12(17)15-11)8-14-16-9-4-2-1-3-5-9/h1-8,16H. The van der Waals surface area contributed by atoms with E-state index in [1.54, 1.807) is 6.21 Å². The van der Waals surface area contributed by atoms with Gasteiger partial charge in [0.2, 0.25) is 0 Å². The van der Waals surface area contributed by atoms with Crippen molar-refractivity contribution in [1.82, 2.24) is 9.38 Å². The predicted molar refractivity (Wildman–Crippen MR) is 75.7 cm³/mol. The fourth-order valence-corrected chi connectivity index (χ4v) is 2.56. The Morgan fingerprint density at radius 1 is 1.33 bits per heavy atom. The molecule has 1 N–H and O–H groups in total. The molecule has 3 aromatic rings. The van der Waals surface area contributed by atoms with Crippen LogP contribution in [0.15, 0.2) is 47.0 Å². The predicted octanol–water partition coefficient (Wildman–Crippen LogP) is 3.50. The van der Waals surface area contributed by atoms with Crippen molar-refractivity contribution in [2.24, 2.45) is 5.10 Å². The summed E-state index contributed by atoms with van der Waals surface area (Å²) in [4.78, 5) is 5.09. The summed E-state index contributed by atoms with van der Waals surface area (Å²) in [6, 6.07) is 9.73. The summed E-state index contributed by atoms with van der Waals surface area (Å²) < 4.78 is 1.91. The fraction of sp³-hybridized carbons (Fsp3) is 0. The average molecular weight is 277 g/mol. The van der Waals surface area contributed by atoms with Gasteiger partial charge in [-0.3, -0.25) is 9.83 Å². The molecule has 0 saturated heterocycles. The van der Waals surface area contributed by atoms with Gasteiger partial charge in [0.1, 0.15) is 5.69 Å². The lowest BCUT2D eigenvalue weighted by atomic mass is 10.3. The van der Waals surface area contributed by atoms with Gasteiger partial charge in [-0.25, -0.2) is 4.98 Å². The molecule has 0 unspecified atom stereocenters. The monoisotopic (exact) mass is 276 g/mol. The van der Waals surface area contributed by atoms with Crippen molar-refractivity contribution in [2.75, 3.05) is 5.43 Å². The van der Waals surface area contributed by atoms with Crippen LogP contribution in [0.1, 0.15) is 5.69 Å². The number of benzene rings is 1. The molecule has 0 spiro atoms. The highest BCUT2D eigenvalue weighted by atomic mass is 35.5. The summed E-state index contributed by atoms with van der Waals surface area (Å²) in [5.74, 6) is 0. The Kier molecular flexibility index (Phi) is 3.00. The number of nitrogens with zero attached hydrogens (tertiary/aromatic N) is 3. The number of para-hydroxylation sites is 1. The van der Waals surface area contributed by atoms with Crippen LogP contribution < -0.4 is 5.43 Å². The number of nitrogens with one attached hydrogen (secondary N) is 1. The normalized spacial score (nSPS) is 11.4. The van der Waals surface area contributed by atoms with Crippen molar-refractivity contribution in [3.05, 3.63) is 52.8 Å². The highest BCUT2D eigenvalue weighted by Crippen LogP contribution is 2.19. The first-order valence-corrected chi connectivity index (χ1v) is 6.55. The molecule has 0 fully saturated rings. The molecule has 1 aromatic carbocycles. The maximum Gasteiger partial charge on any atom is 0.195 e. The first kappa shape index (κ1) is 11.3. The molecular weight excluding hydrogens is 268 g/mol. The second-order valence-corrected chi connectivity index (χ2v) is 4.81. The van der Waals surface area contributed by atoms with Crippen LogP contribution in [-0.4, -0.2) is 15.6 Å². The number of aromatic nitrogens is 2. The first-order valence-electron chi connectivity index (χ1n) is 5.30. The van der Waals surface area contributed by atoms with Crippen molar-refractivity contribution >= 4 is 39.8 Å². The van der Waals surface area contributed by atoms with E-state index in [0.717, 1.165) is 16.3 Å². The first-order chi connectivity index (χ1) is 8.84. The Bertz CT molecular complexity index is 686. The van der Waals surface area contributed by atoms with E-state index < -0.39 is 0 Å². The lowest BCUT2D eigenvalue weighted by Crippen LogP contribution is -1.93. The summed E-state index contributed by atoms with van der Waals surface area (Å²) in [6.45, 7) is 0. The average Bonchev–Trinajstić information content (AvgIpc) is 2.93. The topological polar surface area (TPSA) is 41.7 Å². The zero-order chi connectivity index (χ0) is 12.4. The number of thiazole rings is 1. The minimum atomic E-state index is 0.459. The van der Waals surface area contributed by atoms with Crippen molar-refractivity contribution in [2.45, 2.75) is 0 Å². The van der Waals surface area contributed by atoms with E-state index in [2.05, 4.69) is 15.5 Å². The smallest absolute Gasteiger partial charge is 0.195 e. The van der Waals surface area contributed by atoms with Gasteiger partial charge in [0.25, 0.3) is 0 Å². The number of hydrogen-bond donors (Lipinski definition) is 1. The summed E-state index contributed by atoms with van der Waals surface area (Å²) in [7, 11) is 0. The van der Waals surface area contributed by atoms with Crippen LogP contribution in [0.5, 0.6) is 0 Å². The second kappa shape index (κ2) is 4.80. The molecule has 6 heteroatoms. The molecule has 0 atom stereocenters. The van der Waals surface area contributed by atoms with Crippen LogP contribution in [0.3, 0.4) is 0 Å². The minimum Gasteiger partial charge on any atom is -0.288 e. The van der Waals surface area contributed by atoms with E-state index >= 15 is 0 Å². The lowest BCUT2D eigenvalue weighted by Gasteiger charge is -1.98. The molecule has 0 aliphatic heterocycles. The maximum absolute atomic E-state index is 6.05. The number of hydrazone groups is 1. The molecule has 0 saturated carbocycles. The van der Waals surface area contributed by atoms with Crippen molar-refractivity contribution < 1.29 is 0 Å². The van der Waals surface area contributed by atoms with Gasteiger partial charge in [0.05, 0.1) is 11.9 Å². The molecule has 0 radical (unpaired) electrons. The second-order valence-electron chi connectivity index (χ2n) is 3.58. The number of imidazole rings is 1. The summed E-state index contributed by atoms with van der Waals surface area (Å²) in [5, 5.41) is 6.58. The summed E-state index contributed by atoms with van der Waals surface area (Å²) in [5.41, 5.74) is 4.64. The van der Waals surface area contributed by atoms with Gasteiger partial charge in [-0.15, -0.1) is 11.3 Å². The molecule has 0 bridgehead atoms. The molecule has 4 nitrogen and oxygen atoms in total. The van der Waals surface area contributed by atoms with E-state index in [1.807, 2.05) is 46.3 Å². The van der Waals surface area contributed by atoms with Crippen LogP contribution in [0.25, 0.3) is 4.96 Å². The van der Waals surface area contributed by atoms with Gasteiger partial charge < -0.3 is 0 Å². The van der Waals surface area contributed by atoms with Gasteiger partial charge in [-0.05, 0) is 12.1 Å². The molecule has 90 valence electrons. The Labute approximate surface area is 113 Å². The number of fused-ring (bicyclic) bond motifs is 1. The Hall–Kier alpha value is -1.85. The van der Waals surface area contributed by atoms with E-state index in [-0.39, 0.29) is 0 Å². The van der Waals surface area contributed by atoms with Crippen molar-refractivity contribution in [3.8, 4) is 0 Å². The number of hydrogen-bond acceptors (Lipinski definition) is 4. The van der Waals surface area contributed by atoms with E-state index in [1.165, 1.54) is 11.3 Å². The van der Waals surface area contributed by atoms with Crippen LogP contribution in [-0.2, 0) is 0 Å². The third kappa shape index (κ3) is 2.10. The van der Waals surface area contributed by atoms with Crippen LogP contribution in [0.4, 0.5) is 5.69 Å². The van der Waals surface area contributed by atoms with E-state index in [4.69, 9.17) is 11.6 Å². The van der Waals surface area contributed by atoms with Crippen LogP contribution in [0, 0.1) is 0 Å². The zero-order valence-electron chi connectivity index (χ0n) is 9.25. The molecule has 2 heterocycles. The Morgan fingerprint density at radius 2 is 2.17 bits per heavy atom. The number of halogens is 1. The third-order valence-electron chi connectivity index (χ3n) is 2.41.